The van der Waals surface area contributed by atoms with E-state index in [0.29, 0.717) is 4.47 Å². The minimum absolute atomic E-state index is 0.00101. The molecule has 1 aromatic rings. The number of benzene rings is 1. The number of amides is 1. The van der Waals surface area contributed by atoms with Crippen LogP contribution in [0.15, 0.2) is 22.7 Å². The first-order valence-electron chi connectivity index (χ1n) is 4.99. The lowest BCUT2D eigenvalue weighted by atomic mass is 10.2. The van der Waals surface area contributed by atoms with Crippen molar-refractivity contribution in [1.82, 2.24) is 5.32 Å². The van der Waals surface area contributed by atoms with Crippen LogP contribution in [0.1, 0.15) is 16.8 Å². The fraction of sp³-hybridized carbons (Fsp3) is 0.300. The van der Waals surface area contributed by atoms with Crippen LogP contribution in [0.3, 0.4) is 0 Å². The number of nitrogens with zero attached hydrogens (tertiary/aromatic N) is 1. The Hall–Kier alpha value is -1.47. The summed E-state index contributed by atoms with van der Waals surface area (Å²) >= 11 is 3.13. The Labute approximate surface area is 105 Å². The number of rotatable bonds is 3. The number of carbonyl (C=O) groups excluding carboxylic acids is 1. The van der Waals surface area contributed by atoms with Crippen molar-refractivity contribution >= 4 is 27.5 Å². The van der Waals surface area contributed by atoms with Crippen LogP contribution in [0.2, 0.25) is 0 Å². The second-order valence-corrected chi connectivity index (χ2v) is 4.85. The highest BCUT2D eigenvalue weighted by Gasteiger charge is 2.35. The molecule has 0 radical (unpaired) electrons. The van der Waals surface area contributed by atoms with Crippen LogP contribution >= 0.6 is 15.9 Å². The van der Waals surface area contributed by atoms with Gasteiger partial charge >= 0.3 is 0 Å². The van der Waals surface area contributed by atoms with E-state index in [1.165, 1.54) is 18.2 Å². The Morgan fingerprint density at radius 2 is 2.18 bits per heavy atom. The molecule has 0 heterocycles. The molecule has 2 atom stereocenters. The maximum absolute atomic E-state index is 11.8. The molecule has 1 fully saturated rings. The van der Waals surface area contributed by atoms with Crippen molar-refractivity contribution in [3.63, 3.8) is 0 Å². The lowest BCUT2D eigenvalue weighted by molar-refractivity contribution is -0.385. The number of nitro benzene ring substituents is 1. The number of non-ortho nitro benzene ring substituents is 1. The molecule has 1 aliphatic rings. The molecule has 17 heavy (non-hydrogen) atoms. The standard InChI is InChI=1S/C10H10BrN3O3/c11-6-1-5(2-7(3-6)14(16)17)10(15)13-9-4-8(9)12/h1-3,8-9H,4,12H2,(H,13,15). The van der Waals surface area contributed by atoms with Gasteiger partial charge in [0.2, 0.25) is 0 Å². The van der Waals surface area contributed by atoms with Crippen molar-refractivity contribution in [2.75, 3.05) is 0 Å². The van der Waals surface area contributed by atoms with E-state index in [-0.39, 0.29) is 29.2 Å². The van der Waals surface area contributed by atoms with Crippen molar-refractivity contribution in [2.45, 2.75) is 18.5 Å². The highest BCUT2D eigenvalue weighted by molar-refractivity contribution is 9.10. The summed E-state index contributed by atoms with van der Waals surface area (Å²) in [7, 11) is 0. The average molecular weight is 300 g/mol. The van der Waals surface area contributed by atoms with Gasteiger partial charge < -0.3 is 11.1 Å². The number of nitrogens with one attached hydrogen (secondary N) is 1. The SMILES string of the molecule is NC1CC1NC(=O)c1cc(Br)cc([N+](=O)[O-])c1. The van der Waals surface area contributed by atoms with Crippen LogP contribution in [0, 0.1) is 10.1 Å². The molecule has 0 saturated heterocycles. The highest BCUT2D eigenvalue weighted by atomic mass is 79.9. The minimum Gasteiger partial charge on any atom is -0.348 e. The Bertz CT molecular complexity index is 492. The monoisotopic (exact) mass is 299 g/mol. The minimum atomic E-state index is -0.537. The molecule has 0 aliphatic heterocycles. The Morgan fingerprint density at radius 1 is 1.53 bits per heavy atom. The van der Waals surface area contributed by atoms with Crippen molar-refractivity contribution < 1.29 is 9.72 Å². The maximum Gasteiger partial charge on any atom is 0.271 e. The van der Waals surface area contributed by atoms with Gasteiger partial charge in [-0.1, -0.05) is 15.9 Å². The van der Waals surface area contributed by atoms with Gasteiger partial charge in [0.15, 0.2) is 0 Å². The predicted molar refractivity (Wildman–Crippen MR) is 64.6 cm³/mol. The number of carbonyl (C=O) groups is 1. The van der Waals surface area contributed by atoms with Crippen molar-refractivity contribution in [3.8, 4) is 0 Å². The summed E-state index contributed by atoms with van der Waals surface area (Å²) in [5.41, 5.74) is 5.70. The van der Waals surface area contributed by atoms with E-state index >= 15 is 0 Å². The van der Waals surface area contributed by atoms with Gasteiger partial charge in [0.25, 0.3) is 11.6 Å². The lowest BCUT2D eigenvalue weighted by Gasteiger charge is -2.04. The summed E-state index contributed by atoms with van der Waals surface area (Å²) < 4.78 is 0.497. The number of halogens is 1. The number of hydrogen-bond donors (Lipinski definition) is 2. The van der Waals surface area contributed by atoms with E-state index in [1.54, 1.807) is 0 Å². The smallest absolute Gasteiger partial charge is 0.271 e. The van der Waals surface area contributed by atoms with Crippen LogP contribution < -0.4 is 11.1 Å². The van der Waals surface area contributed by atoms with E-state index in [1.807, 2.05) is 0 Å². The zero-order valence-corrected chi connectivity index (χ0v) is 10.3. The van der Waals surface area contributed by atoms with E-state index in [0.717, 1.165) is 6.42 Å². The van der Waals surface area contributed by atoms with Crippen LogP contribution in [0.5, 0.6) is 0 Å². The van der Waals surface area contributed by atoms with Crippen molar-refractivity contribution in [1.29, 1.82) is 0 Å². The first-order valence-corrected chi connectivity index (χ1v) is 5.78. The molecular weight excluding hydrogens is 290 g/mol. The summed E-state index contributed by atoms with van der Waals surface area (Å²) in [6.45, 7) is 0. The molecule has 7 heteroatoms. The average Bonchev–Trinajstić information content (AvgIpc) is 2.93. The molecule has 0 aromatic heterocycles. The maximum atomic E-state index is 11.8. The molecule has 1 saturated carbocycles. The third kappa shape index (κ3) is 2.80. The Kier molecular flexibility index (Phi) is 3.12. The van der Waals surface area contributed by atoms with E-state index in [2.05, 4.69) is 21.2 Å². The van der Waals surface area contributed by atoms with Gasteiger partial charge in [-0.25, -0.2) is 0 Å². The summed E-state index contributed by atoms with van der Waals surface area (Å²) in [5, 5.41) is 13.4. The van der Waals surface area contributed by atoms with Gasteiger partial charge in [0.05, 0.1) is 4.92 Å². The molecule has 1 amide bonds. The first-order chi connectivity index (χ1) is 7.97. The predicted octanol–water partition coefficient (Wildman–Crippen LogP) is 1.19. The third-order valence-corrected chi connectivity index (χ3v) is 2.97. The summed E-state index contributed by atoms with van der Waals surface area (Å²) in [6, 6.07) is 4.12. The van der Waals surface area contributed by atoms with Gasteiger partial charge in [-0.15, -0.1) is 0 Å². The van der Waals surface area contributed by atoms with Gasteiger partial charge in [0.1, 0.15) is 0 Å². The molecule has 2 rings (SSSR count). The molecule has 1 aliphatic carbocycles. The quantitative estimate of drug-likeness (QED) is 0.647. The van der Waals surface area contributed by atoms with E-state index in [4.69, 9.17) is 5.73 Å². The molecule has 1 aromatic carbocycles. The molecular formula is C10H10BrN3O3. The van der Waals surface area contributed by atoms with Gasteiger partial charge in [-0.2, -0.15) is 0 Å². The van der Waals surface area contributed by atoms with Crippen molar-refractivity contribution in [3.05, 3.63) is 38.3 Å². The summed E-state index contributed by atoms with van der Waals surface area (Å²) in [4.78, 5) is 21.9. The molecule has 0 bridgehead atoms. The molecule has 0 spiro atoms. The number of nitro groups is 1. The second kappa shape index (κ2) is 4.42. The van der Waals surface area contributed by atoms with E-state index in [9.17, 15) is 14.9 Å². The largest absolute Gasteiger partial charge is 0.348 e. The van der Waals surface area contributed by atoms with Gasteiger partial charge in [0, 0.05) is 34.3 Å². The normalized spacial score (nSPS) is 22.0. The molecule has 90 valence electrons. The van der Waals surface area contributed by atoms with Crippen LogP contribution in [-0.4, -0.2) is 22.9 Å². The zero-order valence-electron chi connectivity index (χ0n) is 8.72. The lowest BCUT2D eigenvalue weighted by Crippen LogP contribution is -2.29. The fourth-order valence-electron chi connectivity index (χ4n) is 1.44. The van der Waals surface area contributed by atoms with E-state index < -0.39 is 4.92 Å². The molecule has 3 N–H and O–H groups in total. The summed E-state index contributed by atoms with van der Waals surface area (Å²) in [5.74, 6) is -0.340. The van der Waals surface area contributed by atoms with Crippen LogP contribution in [-0.2, 0) is 0 Å². The highest BCUT2D eigenvalue weighted by Crippen LogP contribution is 2.23. The third-order valence-electron chi connectivity index (χ3n) is 2.51. The Morgan fingerprint density at radius 3 is 2.71 bits per heavy atom. The fourth-order valence-corrected chi connectivity index (χ4v) is 1.92. The summed E-state index contributed by atoms with van der Waals surface area (Å²) in [6.07, 6.45) is 0.752. The second-order valence-electron chi connectivity index (χ2n) is 3.93. The molecule has 6 nitrogen and oxygen atoms in total. The Balaban J connectivity index is 2.19. The molecule has 2 unspecified atom stereocenters. The van der Waals surface area contributed by atoms with Gasteiger partial charge in [-0.3, -0.25) is 14.9 Å². The van der Waals surface area contributed by atoms with Crippen LogP contribution in [0.25, 0.3) is 0 Å². The zero-order chi connectivity index (χ0) is 12.6. The number of nitrogens with two attached hydrogens (primary N) is 1. The number of hydrogen-bond acceptors (Lipinski definition) is 4. The first kappa shape index (κ1) is 12.0. The van der Waals surface area contributed by atoms with Gasteiger partial charge in [-0.05, 0) is 12.5 Å². The van der Waals surface area contributed by atoms with Crippen molar-refractivity contribution in [2.24, 2.45) is 5.73 Å². The topological polar surface area (TPSA) is 98.3 Å². The van der Waals surface area contributed by atoms with Crippen LogP contribution in [0.4, 0.5) is 5.69 Å².